The smallest absolute Gasteiger partial charge is 0.303 e. The highest BCUT2D eigenvalue weighted by Gasteiger charge is 2.38. The van der Waals surface area contributed by atoms with Gasteiger partial charge >= 0.3 is 5.97 Å². The van der Waals surface area contributed by atoms with Crippen molar-refractivity contribution < 1.29 is 19.5 Å². The normalized spacial score (nSPS) is 21.3. The van der Waals surface area contributed by atoms with E-state index in [1.54, 1.807) is 0 Å². The third-order valence-electron chi connectivity index (χ3n) is 3.54. The summed E-state index contributed by atoms with van der Waals surface area (Å²) in [5.74, 6) is -1.18. The first-order valence-corrected chi connectivity index (χ1v) is 6.91. The quantitative estimate of drug-likeness (QED) is 0.716. The Hall–Kier alpha value is -1.39. The largest absolute Gasteiger partial charge is 0.481 e. The minimum Gasteiger partial charge on any atom is -0.481 e. The summed E-state index contributed by atoms with van der Waals surface area (Å²) in [6.45, 7) is 6.16. The van der Waals surface area contributed by atoms with Gasteiger partial charge in [0.1, 0.15) is 0 Å². The van der Waals surface area contributed by atoms with Gasteiger partial charge in [-0.2, -0.15) is 0 Å². The molecule has 0 saturated carbocycles. The molecule has 5 heteroatoms. The van der Waals surface area contributed by atoms with Gasteiger partial charge < -0.3 is 5.11 Å². The van der Waals surface area contributed by atoms with Gasteiger partial charge in [-0.05, 0) is 24.7 Å². The number of hydrogen-bond donors (Lipinski definition) is 1. The van der Waals surface area contributed by atoms with Crippen molar-refractivity contribution in [2.75, 3.05) is 6.54 Å². The maximum Gasteiger partial charge on any atom is 0.303 e. The standard InChI is InChI=1S/C14H23NO4/c1-4-11-7-12(16)15(14(11)19)8-10(5-9(2)3)6-13(17)18/h9-11H,4-8H2,1-3H3,(H,17,18). The van der Waals surface area contributed by atoms with E-state index in [9.17, 15) is 14.4 Å². The summed E-state index contributed by atoms with van der Waals surface area (Å²) in [4.78, 5) is 36.0. The molecule has 1 rings (SSSR count). The highest BCUT2D eigenvalue weighted by molar-refractivity contribution is 6.03. The molecule has 1 fully saturated rings. The molecule has 1 aliphatic rings. The Labute approximate surface area is 114 Å². The molecule has 1 aliphatic heterocycles. The minimum absolute atomic E-state index is 0.00598. The molecule has 0 aromatic carbocycles. The van der Waals surface area contributed by atoms with Crippen LogP contribution in [-0.4, -0.2) is 34.3 Å². The zero-order valence-electron chi connectivity index (χ0n) is 11.9. The molecule has 0 bridgehead atoms. The summed E-state index contributed by atoms with van der Waals surface area (Å²) < 4.78 is 0. The predicted octanol–water partition coefficient (Wildman–Crippen LogP) is 1.91. The third-order valence-corrected chi connectivity index (χ3v) is 3.54. The van der Waals surface area contributed by atoms with Crippen molar-refractivity contribution in [1.29, 1.82) is 0 Å². The van der Waals surface area contributed by atoms with Crippen LogP contribution in [0, 0.1) is 17.8 Å². The lowest BCUT2D eigenvalue weighted by atomic mass is 9.93. The van der Waals surface area contributed by atoms with Crippen molar-refractivity contribution in [1.82, 2.24) is 4.90 Å². The fourth-order valence-corrected chi connectivity index (χ4v) is 2.66. The molecule has 2 unspecified atom stereocenters. The van der Waals surface area contributed by atoms with Crippen LogP contribution in [0.4, 0.5) is 0 Å². The van der Waals surface area contributed by atoms with Gasteiger partial charge in [-0.25, -0.2) is 0 Å². The first-order chi connectivity index (χ1) is 8.85. The fraction of sp³-hybridized carbons (Fsp3) is 0.786. The number of carboxylic acids is 1. The molecule has 1 saturated heterocycles. The number of carbonyl (C=O) groups is 3. The van der Waals surface area contributed by atoms with Gasteiger partial charge in [0.2, 0.25) is 11.8 Å². The molecular formula is C14H23NO4. The lowest BCUT2D eigenvalue weighted by Crippen LogP contribution is -2.36. The number of likely N-dealkylation sites (tertiary alicyclic amines) is 1. The zero-order chi connectivity index (χ0) is 14.6. The minimum atomic E-state index is -0.878. The molecule has 1 heterocycles. The van der Waals surface area contributed by atoms with E-state index in [1.807, 2.05) is 20.8 Å². The number of carboxylic acid groups (broad SMARTS) is 1. The molecule has 5 nitrogen and oxygen atoms in total. The van der Waals surface area contributed by atoms with Crippen molar-refractivity contribution in [3.63, 3.8) is 0 Å². The Morgan fingerprint density at radius 1 is 1.42 bits per heavy atom. The number of imide groups is 1. The van der Waals surface area contributed by atoms with Crippen LogP contribution < -0.4 is 0 Å². The number of amides is 2. The van der Waals surface area contributed by atoms with Gasteiger partial charge in [-0.15, -0.1) is 0 Å². The van der Waals surface area contributed by atoms with Crippen molar-refractivity contribution >= 4 is 17.8 Å². The maximum atomic E-state index is 12.0. The SMILES string of the molecule is CCC1CC(=O)N(CC(CC(=O)O)CC(C)C)C1=O. The fourth-order valence-electron chi connectivity index (χ4n) is 2.66. The molecule has 2 atom stereocenters. The van der Waals surface area contributed by atoms with E-state index in [1.165, 1.54) is 4.90 Å². The van der Waals surface area contributed by atoms with E-state index in [-0.39, 0.29) is 43.0 Å². The Kier molecular flexibility index (Phi) is 5.51. The van der Waals surface area contributed by atoms with Gasteiger partial charge in [0.15, 0.2) is 0 Å². The van der Waals surface area contributed by atoms with Crippen LogP contribution >= 0.6 is 0 Å². The average molecular weight is 269 g/mol. The second-order valence-electron chi connectivity index (χ2n) is 5.75. The number of nitrogens with zero attached hydrogens (tertiary/aromatic N) is 1. The highest BCUT2D eigenvalue weighted by atomic mass is 16.4. The molecule has 2 amide bonds. The monoisotopic (exact) mass is 269 g/mol. The summed E-state index contributed by atoms with van der Waals surface area (Å²) in [7, 11) is 0. The molecular weight excluding hydrogens is 246 g/mol. The Bertz CT molecular complexity index is 364. The molecule has 0 aromatic rings. The van der Waals surface area contributed by atoms with Crippen molar-refractivity contribution in [2.24, 2.45) is 17.8 Å². The molecule has 0 aliphatic carbocycles. The summed E-state index contributed by atoms with van der Waals surface area (Å²) in [6.07, 6.45) is 1.65. The number of rotatable bonds is 7. The summed E-state index contributed by atoms with van der Waals surface area (Å²) in [5.41, 5.74) is 0. The van der Waals surface area contributed by atoms with E-state index in [4.69, 9.17) is 5.11 Å². The van der Waals surface area contributed by atoms with Gasteiger partial charge in [0.25, 0.3) is 0 Å². The van der Waals surface area contributed by atoms with Crippen LogP contribution in [-0.2, 0) is 14.4 Å². The van der Waals surface area contributed by atoms with E-state index < -0.39 is 5.97 Å². The molecule has 1 N–H and O–H groups in total. The number of aliphatic carboxylic acids is 1. The zero-order valence-corrected chi connectivity index (χ0v) is 11.9. The Balaban J connectivity index is 2.70. The third kappa shape index (κ3) is 4.33. The molecule has 108 valence electrons. The van der Waals surface area contributed by atoms with Crippen molar-refractivity contribution in [2.45, 2.75) is 46.5 Å². The van der Waals surface area contributed by atoms with Crippen LogP contribution in [0.5, 0.6) is 0 Å². The van der Waals surface area contributed by atoms with E-state index >= 15 is 0 Å². The number of hydrogen-bond acceptors (Lipinski definition) is 3. The first-order valence-electron chi connectivity index (χ1n) is 6.91. The average Bonchev–Trinajstić information content (AvgIpc) is 2.54. The first kappa shape index (κ1) is 15.7. The second-order valence-corrected chi connectivity index (χ2v) is 5.75. The van der Waals surface area contributed by atoms with Gasteiger partial charge in [0.05, 0.1) is 0 Å². The van der Waals surface area contributed by atoms with Gasteiger partial charge in [-0.1, -0.05) is 20.8 Å². The van der Waals surface area contributed by atoms with Crippen LogP contribution in [0.15, 0.2) is 0 Å². The highest BCUT2D eigenvalue weighted by Crippen LogP contribution is 2.25. The lowest BCUT2D eigenvalue weighted by Gasteiger charge is -2.23. The van der Waals surface area contributed by atoms with E-state index in [0.717, 1.165) is 0 Å². The Morgan fingerprint density at radius 2 is 2.05 bits per heavy atom. The van der Waals surface area contributed by atoms with Crippen molar-refractivity contribution in [3.8, 4) is 0 Å². The Morgan fingerprint density at radius 3 is 2.47 bits per heavy atom. The van der Waals surface area contributed by atoms with Crippen LogP contribution in [0.2, 0.25) is 0 Å². The molecule has 19 heavy (non-hydrogen) atoms. The predicted molar refractivity (Wildman–Crippen MR) is 70.3 cm³/mol. The van der Waals surface area contributed by atoms with Crippen molar-refractivity contribution in [3.05, 3.63) is 0 Å². The maximum absolute atomic E-state index is 12.0. The molecule has 0 spiro atoms. The van der Waals surface area contributed by atoms with Gasteiger partial charge in [0, 0.05) is 25.3 Å². The van der Waals surface area contributed by atoms with Crippen LogP contribution in [0.1, 0.15) is 46.5 Å². The van der Waals surface area contributed by atoms with E-state index in [2.05, 4.69) is 0 Å². The lowest BCUT2D eigenvalue weighted by molar-refractivity contribution is -0.143. The van der Waals surface area contributed by atoms with Crippen LogP contribution in [0.3, 0.4) is 0 Å². The summed E-state index contributed by atoms with van der Waals surface area (Å²) in [5, 5.41) is 8.91. The number of carbonyl (C=O) groups excluding carboxylic acids is 2. The topological polar surface area (TPSA) is 74.7 Å². The van der Waals surface area contributed by atoms with Crippen LogP contribution in [0.25, 0.3) is 0 Å². The second kappa shape index (κ2) is 6.68. The van der Waals surface area contributed by atoms with E-state index in [0.29, 0.717) is 18.8 Å². The summed E-state index contributed by atoms with van der Waals surface area (Å²) in [6, 6.07) is 0. The molecule has 0 aromatic heterocycles. The molecule has 0 radical (unpaired) electrons. The summed E-state index contributed by atoms with van der Waals surface area (Å²) >= 11 is 0. The van der Waals surface area contributed by atoms with Gasteiger partial charge in [-0.3, -0.25) is 19.3 Å².